The molecular weight excluding hydrogens is 1900 g/mol. The van der Waals surface area contributed by atoms with E-state index in [4.69, 9.17) is 110 Å². The lowest BCUT2D eigenvalue weighted by molar-refractivity contribution is -0.176. The van der Waals surface area contributed by atoms with E-state index in [2.05, 4.69) is 226 Å². The average molecular weight is 2050 g/mol. The molecule has 32 nitrogen and oxygen atoms in total. The van der Waals surface area contributed by atoms with E-state index < -0.39 is 0 Å². The summed E-state index contributed by atoms with van der Waals surface area (Å²) in [5.41, 5.74) is 36.2. The second kappa shape index (κ2) is 49.7. The van der Waals surface area contributed by atoms with Crippen molar-refractivity contribution in [3.05, 3.63) is 186 Å². The molecule has 770 valence electrons. The number of nitrogen functional groups attached to an aromatic ring is 1. The number of aromatic nitrogens is 3. The van der Waals surface area contributed by atoms with Crippen LogP contribution >= 0.6 is 58.0 Å². The standard InChI is InChI=1S/C22H32ClN5O.C21H31ClN6.C21H30ClN5O.C21H28ClN5O.C20H29ClN6O2/c1-15-14-28(18-8-10-27(11-9-18)21-13-20(24)25-26-21)19(22(2,3)29-15)12-16-4-6-17(23)7-5-16;1-26-9-2-10-28(19(15-26)13-16-3-5-17(22)6-4-16)18-7-11-27(12-8-18)21-14-20(23)24-25-21;1-21(2)18(13-15-3-5-16(22)6-4-15)27(11-12-28-21)17-7-9-26(10-8-17)20-14-19(23)24-25-20;1-15-12-27(18-6-8-26(9-7-18)21-11-20(23)24-25-21)19(14-28-13-15)10-16-2-4-17(22)5-3-16;1-13-10-27(16(12-29-13)9-14-3-5-15(21)6-4-14)17-7-8-26(11-18(17)28-2)20-23-19(22)24-25-20/h4-7,15,18-19H,8-14H2,1-3H3,(H2,24,25);3-6,18-19H,2,7-15H2,1H3,(H2,23,24);3-6,17-18H,7-14H2,1-2H3,(H2,23,24);2-5,18-19H,1,6-14H2,(H2,23,24);3-6,13,16-18H,7-12H2,1-2H3,(H3,22,23,24,25)/t15-,19-;19-;18-;19-;13-,16-,17?,18-/m00000/s1. The van der Waals surface area contributed by atoms with E-state index in [1.165, 1.54) is 60.2 Å². The summed E-state index contributed by atoms with van der Waals surface area (Å²) in [6, 6.07) is 45.6. The van der Waals surface area contributed by atoms with Gasteiger partial charge in [0, 0.05) is 197 Å². The van der Waals surface area contributed by atoms with E-state index in [-0.39, 0.29) is 29.5 Å². The van der Waals surface area contributed by atoms with Crippen LogP contribution in [-0.2, 0) is 55.8 Å². The van der Waals surface area contributed by atoms with Gasteiger partial charge in [-0.15, -0.1) is 45.9 Å². The molecule has 10 saturated heterocycles. The summed E-state index contributed by atoms with van der Waals surface area (Å²) in [7, 11) is 4.04. The first-order chi connectivity index (χ1) is 68.4. The number of morpholine rings is 3. The Kier molecular flexibility index (Phi) is 37.1. The number of piperidine rings is 5. The molecule has 5 aromatic carbocycles. The molecule has 0 bridgehead atoms. The third-order valence-electron chi connectivity index (χ3n) is 30.7. The van der Waals surface area contributed by atoms with Crippen molar-refractivity contribution in [2.45, 2.75) is 253 Å². The van der Waals surface area contributed by atoms with E-state index >= 15 is 0 Å². The van der Waals surface area contributed by atoms with Gasteiger partial charge < -0.3 is 81.8 Å². The highest BCUT2D eigenvalue weighted by atomic mass is 35.5. The maximum Gasteiger partial charge on any atom is 0.246 e. The number of likely N-dealkylation sites (N-methyl/N-ethyl adjacent to an activating group) is 1. The van der Waals surface area contributed by atoms with Crippen molar-refractivity contribution < 1.29 is 23.7 Å². The lowest BCUT2D eigenvalue weighted by atomic mass is 9.86. The number of likely N-dealkylation sites (tertiary alicyclic amines) is 4. The highest BCUT2D eigenvalue weighted by Crippen LogP contribution is 2.39. The van der Waals surface area contributed by atoms with Gasteiger partial charge in [-0.1, -0.05) is 125 Å². The zero-order valence-corrected chi connectivity index (χ0v) is 88.0. The number of ether oxygens (including phenoxy) is 5. The molecular formula is C105H150Cl5N27O5. The molecule has 37 heteroatoms. The molecule has 0 radical (unpaired) electrons. The van der Waals surface area contributed by atoms with Crippen LogP contribution in [0.1, 0.15) is 159 Å². The van der Waals surface area contributed by atoms with Gasteiger partial charge >= 0.3 is 0 Å². The van der Waals surface area contributed by atoms with Gasteiger partial charge in [0.15, 0.2) is 0 Å². The molecule has 0 spiro atoms. The van der Waals surface area contributed by atoms with Crippen LogP contribution in [0.25, 0.3) is 0 Å². The number of nitrogens with two attached hydrogens (primary N) is 5. The van der Waals surface area contributed by atoms with Crippen molar-refractivity contribution in [1.82, 2.24) is 64.2 Å². The van der Waals surface area contributed by atoms with Gasteiger partial charge in [-0.05, 0) is 246 Å². The van der Waals surface area contributed by atoms with Gasteiger partial charge in [0.05, 0.1) is 81.6 Å². The first-order valence-corrected chi connectivity index (χ1v) is 53.2. The van der Waals surface area contributed by atoms with Crippen LogP contribution in [0.3, 0.4) is 0 Å². The molecule has 10 fully saturated rings. The number of H-pyrrole nitrogens is 1. The largest absolute Gasteiger partial charge is 0.385 e. The monoisotopic (exact) mass is 2040 g/mol. The van der Waals surface area contributed by atoms with E-state index in [1.54, 1.807) is 7.11 Å². The summed E-state index contributed by atoms with van der Waals surface area (Å²) < 4.78 is 30.4. The summed E-state index contributed by atoms with van der Waals surface area (Å²) in [4.78, 5) is 31.7. The van der Waals surface area contributed by atoms with Crippen LogP contribution < -0.4 is 33.6 Å². The second-order valence-electron chi connectivity index (χ2n) is 41.8. The lowest BCUT2D eigenvalue weighted by Gasteiger charge is -2.53. The minimum atomic E-state index is -0.202. The Balaban J connectivity index is 0.000000128. The molecule has 14 aliphatic heterocycles. The van der Waals surface area contributed by atoms with Gasteiger partial charge in [-0.25, -0.2) is 5.10 Å². The number of anilines is 2. The van der Waals surface area contributed by atoms with Gasteiger partial charge in [0.25, 0.3) is 0 Å². The third kappa shape index (κ3) is 28.8. The minimum absolute atomic E-state index is 0.0569. The van der Waals surface area contributed by atoms with Crippen LogP contribution in [0.2, 0.25) is 25.1 Å². The zero-order chi connectivity index (χ0) is 99.7. The molecule has 15 heterocycles. The molecule has 6 aromatic rings. The summed E-state index contributed by atoms with van der Waals surface area (Å²) in [5.74, 6) is 7.56. The number of amidine groups is 8. The van der Waals surface area contributed by atoms with Crippen molar-refractivity contribution in [1.29, 1.82) is 0 Å². The first-order valence-electron chi connectivity index (χ1n) is 51.3. The molecule has 1 unspecified atom stereocenters. The van der Waals surface area contributed by atoms with E-state index in [0.717, 1.165) is 249 Å². The summed E-state index contributed by atoms with van der Waals surface area (Å²) >= 11 is 30.3. The second-order valence-corrected chi connectivity index (χ2v) is 44.0. The number of halogens is 5. The highest BCUT2D eigenvalue weighted by molar-refractivity contribution is 6.31. The molecule has 0 aliphatic carbocycles. The molecule has 9 atom stereocenters. The van der Waals surface area contributed by atoms with Crippen molar-refractivity contribution in [2.75, 3.05) is 162 Å². The number of rotatable bonds is 17. The molecule has 20 rings (SSSR count). The summed E-state index contributed by atoms with van der Waals surface area (Å²) in [5, 5.41) is 43.8. The molecule has 0 amide bonds. The Morgan fingerprint density at radius 3 is 1.22 bits per heavy atom. The quantitative estimate of drug-likeness (QED) is 0.0462. The number of methoxy groups -OCH3 is 1. The fraction of sp³-hybridized carbons (Fsp3) is 0.600. The van der Waals surface area contributed by atoms with Crippen molar-refractivity contribution in [2.24, 2.45) is 63.7 Å². The Morgan fingerprint density at radius 2 is 0.803 bits per heavy atom. The Hall–Kier alpha value is -8.65. The normalized spacial score (nSPS) is 26.7. The van der Waals surface area contributed by atoms with Crippen molar-refractivity contribution in [3.63, 3.8) is 0 Å². The summed E-state index contributed by atoms with van der Waals surface area (Å²) in [6.07, 6.45) is 19.5. The SMILES string of the molecule is C=C1COC[C@H](Cc2ccc(Cl)cc2)N(C2CCN(C3=NN=C(N)C3)CC2)C1.CC1(C)OCCN(C2CCN(C3=NN=C(N)C3)CC2)[C@H]1Cc1ccc(Cl)cc1.CN1CCCN(C2CCN(C3=NN=C(N)C3)CC2)[C@@H](Cc2ccc(Cl)cc2)C1.CO[C@H]1CN(c2n[nH]c(N)n2)CCC1N1C[C@H](C)OC[C@@H]1Cc1ccc(Cl)cc1.C[C@H]1CN(C2CCN(C3=NN=C(N)C3)CC2)[C@@H](Cc2ccc(Cl)cc2)C(C)(C)O1. The predicted molar refractivity (Wildman–Crippen MR) is 576 cm³/mol. The van der Waals surface area contributed by atoms with Gasteiger partial charge in [-0.3, -0.25) is 24.5 Å². The molecule has 0 saturated carbocycles. The number of benzene rings is 5. The maximum atomic E-state index is 6.39. The Bertz CT molecular complexity index is 5350. The number of aromatic amines is 1. The number of hydrogen-bond donors (Lipinski definition) is 6. The van der Waals surface area contributed by atoms with Gasteiger partial charge in [-0.2, -0.15) is 4.98 Å². The third-order valence-corrected chi connectivity index (χ3v) is 32.0. The predicted octanol–water partition coefficient (Wildman–Crippen LogP) is 13.3. The van der Waals surface area contributed by atoms with Gasteiger partial charge in [0.2, 0.25) is 11.9 Å². The molecule has 11 N–H and O–H groups in total. The topological polar surface area (TPSA) is 352 Å². The van der Waals surface area contributed by atoms with Crippen LogP contribution in [0.4, 0.5) is 11.9 Å². The maximum absolute atomic E-state index is 6.39. The van der Waals surface area contributed by atoms with Crippen LogP contribution in [0.15, 0.2) is 174 Å². The lowest BCUT2D eigenvalue weighted by Crippen LogP contribution is -2.64. The molecule has 142 heavy (non-hydrogen) atoms. The van der Waals surface area contributed by atoms with Crippen molar-refractivity contribution >= 4 is 117 Å². The Labute approximate surface area is 864 Å². The van der Waals surface area contributed by atoms with E-state index in [1.807, 2.05) is 60.7 Å². The highest BCUT2D eigenvalue weighted by Gasteiger charge is 2.48. The fourth-order valence-electron chi connectivity index (χ4n) is 23.3. The van der Waals surface area contributed by atoms with Crippen LogP contribution in [-0.4, -0.2) is 353 Å². The van der Waals surface area contributed by atoms with Gasteiger partial charge in [0.1, 0.15) is 46.7 Å². The first kappa shape index (κ1) is 106. The summed E-state index contributed by atoms with van der Waals surface area (Å²) in [6.45, 7) is 37.3. The van der Waals surface area contributed by atoms with E-state index in [9.17, 15) is 0 Å². The smallest absolute Gasteiger partial charge is 0.246 e. The Morgan fingerprint density at radius 1 is 0.415 bits per heavy atom. The number of nitrogens with one attached hydrogen (secondary N) is 1. The molecule has 1 aromatic heterocycles. The number of nitrogens with zero attached hydrogens (tertiary/aromatic N) is 21. The molecule has 14 aliphatic rings. The average Bonchev–Trinajstić information content (AvgIpc) is 1.07. The number of hydrogen-bond acceptors (Lipinski definition) is 31. The fourth-order valence-corrected chi connectivity index (χ4v) is 24.0. The zero-order valence-electron chi connectivity index (χ0n) is 84.3. The van der Waals surface area contributed by atoms with Crippen LogP contribution in [0, 0.1) is 0 Å². The van der Waals surface area contributed by atoms with Crippen LogP contribution in [0.5, 0.6) is 0 Å². The van der Waals surface area contributed by atoms with E-state index in [0.29, 0.717) is 128 Å². The van der Waals surface area contributed by atoms with Crippen molar-refractivity contribution in [3.8, 4) is 0 Å². The minimum Gasteiger partial charge on any atom is -0.385 e.